The van der Waals surface area contributed by atoms with Crippen molar-refractivity contribution in [1.29, 1.82) is 0 Å². The largest absolute Gasteiger partial charge is 0.397 e. The topological polar surface area (TPSA) is 129 Å². The van der Waals surface area contributed by atoms with Crippen molar-refractivity contribution in [1.82, 2.24) is 9.97 Å². The number of nitrogens with two attached hydrogens (primary N) is 2. The van der Waals surface area contributed by atoms with Crippen molar-refractivity contribution in [3.63, 3.8) is 0 Å². The van der Waals surface area contributed by atoms with E-state index in [0.717, 1.165) is 17.4 Å². The summed E-state index contributed by atoms with van der Waals surface area (Å²) in [5.74, 6) is -1.46. The van der Waals surface area contributed by atoms with Gasteiger partial charge in [0, 0.05) is 51.1 Å². The van der Waals surface area contributed by atoms with E-state index in [-0.39, 0.29) is 47.8 Å². The van der Waals surface area contributed by atoms with Gasteiger partial charge in [-0.1, -0.05) is 6.07 Å². The minimum absolute atomic E-state index is 0.00337. The average molecular weight is 539 g/mol. The smallest absolute Gasteiger partial charge is 0.170 e. The number of pyridine rings is 2. The van der Waals surface area contributed by atoms with Gasteiger partial charge >= 0.3 is 0 Å². The fourth-order valence-electron chi connectivity index (χ4n) is 5.59. The molecule has 2 saturated heterocycles. The van der Waals surface area contributed by atoms with E-state index in [1.54, 1.807) is 19.5 Å². The van der Waals surface area contributed by atoms with E-state index in [2.05, 4.69) is 20.2 Å². The van der Waals surface area contributed by atoms with E-state index >= 15 is 8.78 Å². The predicted molar refractivity (Wildman–Crippen MR) is 145 cm³/mol. The van der Waals surface area contributed by atoms with Crippen molar-refractivity contribution in [3.05, 3.63) is 65.1 Å². The maximum atomic E-state index is 15.9. The molecule has 39 heavy (non-hydrogen) atoms. The maximum absolute atomic E-state index is 15.9. The van der Waals surface area contributed by atoms with E-state index in [4.69, 9.17) is 20.9 Å². The van der Waals surface area contributed by atoms with E-state index in [1.807, 2.05) is 19.2 Å². The molecule has 0 unspecified atom stereocenters. The Kier molecular flexibility index (Phi) is 7.48. The normalized spacial score (nSPS) is 20.4. The molecule has 9 nitrogen and oxygen atoms in total. The third-order valence-corrected chi connectivity index (χ3v) is 7.63. The van der Waals surface area contributed by atoms with Gasteiger partial charge in [0.05, 0.1) is 36.5 Å². The number of anilines is 3. The van der Waals surface area contributed by atoms with Crippen LogP contribution in [0, 0.1) is 17.6 Å². The molecule has 2 aromatic heterocycles. The molecular weight excluding hydrogens is 506 g/mol. The Morgan fingerprint density at radius 3 is 2.72 bits per heavy atom. The molecule has 3 aromatic rings. The Bertz CT molecular complexity index is 1380. The number of methoxy groups -OCH3 is 1. The zero-order valence-electron chi connectivity index (χ0n) is 21.9. The molecule has 4 heterocycles. The van der Waals surface area contributed by atoms with Crippen molar-refractivity contribution in [3.8, 4) is 11.3 Å². The van der Waals surface area contributed by atoms with Crippen LogP contribution in [0.3, 0.4) is 0 Å². The van der Waals surface area contributed by atoms with Gasteiger partial charge in [-0.15, -0.1) is 0 Å². The number of aldehydes is 1. The van der Waals surface area contributed by atoms with Crippen LogP contribution < -0.4 is 21.7 Å². The Morgan fingerprint density at radius 1 is 1.26 bits per heavy atom. The van der Waals surface area contributed by atoms with Gasteiger partial charge in [0.15, 0.2) is 12.1 Å². The number of hydrogen-bond donors (Lipinski definition) is 3. The Morgan fingerprint density at radius 2 is 2.05 bits per heavy atom. The van der Waals surface area contributed by atoms with Crippen molar-refractivity contribution in [2.45, 2.75) is 24.5 Å². The standard InChI is InChI=1S/C28H32F2N6O3/c1-33-23-10-34-4-3-25(23)36-11-16(6-19(31)12-36)5-17-7-18(28(38-2)14-39-15-28)8-20(29)26(17)27-21(30)9-22(32)24(13-37)35-27/h3-4,7-10,13,16,19,33H,5-6,11-12,14-15,31-32H2,1-2H3/t16-,19+/m1/s1. The number of carbonyl (C=O) groups is 1. The average Bonchev–Trinajstić information content (AvgIpc) is 2.89. The molecule has 0 radical (unpaired) electrons. The summed E-state index contributed by atoms with van der Waals surface area (Å²) in [6.45, 7) is 1.86. The molecule has 0 saturated carbocycles. The summed E-state index contributed by atoms with van der Waals surface area (Å²) >= 11 is 0. The first-order valence-electron chi connectivity index (χ1n) is 12.8. The van der Waals surface area contributed by atoms with Gasteiger partial charge < -0.3 is 31.2 Å². The maximum Gasteiger partial charge on any atom is 0.170 e. The molecule has 0 bridgehead atoms. The highest BCUT2D eigenvalue weighted by Crippen LogP contribution is 2.40. The summed E-state index contributed by atoms with van der Waals surface area (Å²) in [4.78, 5) is 22.0. The predicted octanol–water partition coefficient (Wildman–Crippen LogP) is 3.13. The second-order valence-corrected chi connectivity index (χ2v) is 10.2. The van der Waals surface area contributed by atoms with Crippen LogP contribution in [0.2, 0.25) is 0 Å². The van der Waals surface area contributed by atoms with Crippen LogP contribution in [-0.2, 0) is 21.5 Å². The van der Waals surface area contributed by atoms with Crippen LogP contribution in [0.15, 0.2) is 36.7 Å². The molecule has 1 aromatic carbocycles. The number of nitrogens with one attached hydrogen (secondary N) is 1. The number of ether oxygens (including phenoxy) is 2. The summed E-state index contributed by atoms with van der Waals surface area (Å²) in [5.41, 5.74) is 13.9. The number of hydrogen-bond acceptors (Lipinski definition) is 9. The van der Waals surface area contributed by atoms with Gasteiger partial charge in [0.2, 0.25) is 0 Å². The van der Waals surface area contributed by atoms with Crippen LogP contribution in [0.25, 0.3) is 11.3 Å². The highest BCUT2D eigenvalue weighted by Gasteiger charge is 2.42. The second-order valence-electron chi connectivity index (χ2n) is 10.2. The minimum Gasteiger partial charge on any atom is -0.397 e. The molecule has 2 atom stereocenters. The van der Waals surface area contributed by atoms with Gasteiger partial charge in [0.1, 0.15) is 22.8 Å². The molecule has 0 amide bonds. The van der Waals surface area contributed by atoms with Gasteiger partial charge in [-0.3, -0.25) is 9.78 Å². The number of nitrogens with zero attached hydrogens (tertiary/aromatic N) is 3. The number of nitrogen functional groups attached to an aromatic ring is 1. The van der Waals surface area contributed by atoms with Crippen molar-refractivity contribution < 1.29 is 23.0 Å². The number of rotatable bonds is 8. The molecule has 0 spiro atoms. The summed E-state index contributed by atoms with van der Waals surface area (Å²) in [7, 11) is 3.39. The molecule has 5 rings (SSSR count). The fraction of sp³-hybridized carbons (Fsp3) is 0.393. The lowest BCUT2D eigenvalue weighted by Gasteiger charge is -2.41. The first kappa shape index (κ1) is 26.9. The van der Waals surface area contributed by atoms with Crippen LogP contribution in [0.4, 0.5) is 25.8 Å². The Balaban J connectivity index is 1.58. The molecule has 0 aliphatic carbocycles. The summed E-state index contributed by atoms with van der Waals surface area (Å²) < 4.78 is 42.2. The summed E-state index contributed by atoms with van der Waals surface area (Å²) in [6.07, 6.45) is 5.01. The van der Waals surface area contributed by atoms with Crippen molar-refractivity contribution in [2.24, 2.45) is 11.7 Å². The summed E-state index contributed by atoms with van der Waals surface area (Å²) in [5, 5.41) is 3.17. The Hall–Kier alpha value is -3.67. The molecular formula is C28H32F2N6O3. The quantitative estimate of drug-likeness (QED) is 0.371. The number of carbonyl (C=O) groups excluding carboxylic acids is 1. The number of piperidine rings is 1. The van der Waals surface area contributed by atoms with Gasteiger partial charge in [-0.05, 0) is 42.0 Å². The second kappa shape index (κ2) is 10.8. The number of benzene rings is 1. The monoisotopic (exact) mass is 538 g/mol. The highest BCUT2D eigenvalue weighted by atomic mass is 19.1. The molecule has 5 N–H and O–H groups in total. The van der Waals surface area contributed by atoms with E-state index < -0.39 is 17.2 Å². The van der Waals surface area contributed by atoms with E-state index in [9.17, 15) is 4.79 Å². The van der Waals surface area contributed by atoms with Crippen LogP contribution in [0.5, 0.6) is 0 Å². The zero-order chi connectivity index (χ0) is 27.7. The Labute approximate surface area is 225 Å². The van der Waals surface area contributed by atoms with E-state index in [1.165, 1.54) is 6.07 Å². The lowest BCUT2D eigenvalue weighted by Crippen LogP contribution is -2.48. The van der Waals surface area contributed by atoms with Crippen molar-refractivity contribution >= 4 is 23.3 Å². The number of halogens is 2. The fourth-order valence-corrected chi connectivity index (χ4v) is 5.59. The van der Waals surface area contributed by atoms with Crippen molar-refractivity contribution in [2.75, 3.05) is 56.4 Å². The molecule has 2 aliphatic heterocycles. The van der Waals surface area contributed by atoms with E-state index in [0.29, 0.717) is 43.3 Å². The highest BCUT2D eigenvalue weighted by molar-refractivity contribution is 5.82. The third-order valence-electron chi connectivity index (χ3n) is 7.63. The SMILES string of the molecule is CNc1cnccc1N1C[C@@H](N)C[C@@H](Cc2cc(C3(OC)COC3)cc(F)c2-c2nc(C=O)c(N)cc2F)C1. The van der Waals surface area contributed by atoms with Crippen LogP contribution in [0.1, 0.15) is 28.0 Å². The lowest BCUT2D eigenvalue weighted by atomic mass is 9.83. The molecule has 11 heteroatoms. The first-order valence-corrected chi connectivity index (χ1v) is 12.8. The number of aromatic nitrogens is 2. The molecule has 2 aliphatic rings. The van der Waals surface area contributed by atoms with Gasteiger partial charge in [0.25, 0.3) is 0 Å². The van der Waals surface area contributed by atoms with Gasteiger partial charge in [-0.25, -0.2) is 13.8 Å². The minimum atomic E-state index is -0.808. The lowest BCUT2D eigenvalue weighted by molar-refractivity contribution is -0.202. The molecule has 2 fully saturated rings. The van der Waals surface area contributed by atoms with Crippen LogP contribution >= 0.6 is 0 Å². The zero-order valence-corrected chi connectivity index (χ0v) is 21.9. The van der Waals surface area contributed by atoms with Crippen LogP contribution in [-0.4, -0.2) is 62.8 Å². The summed E-state index contributed by atoms with van der Waals surface area (Å²) in [6, 6.07) is 5.97. The first-order chi connectivity index (χ1) is 18.8. The molecule has 206 valence electrons. The van der Waals surface area contributed by atoms with Gasteiger partial charge in [-0.2, -0.15) is 0 Å². The third kappa shape index (κ3) is 5.05.